The van der Waals surface area contributed by atoms with Gasteiger partial charge in [0.2, 0.25) is 0 Å². The minimum absolute atomic E-state index is 0.745. The van der Waals surface area contributed by atoms with E-state index < -0.39 is 0 Å². The van der Waals surface area contributed by atoms with Gasteiger partial charge in [0.05, 0.1) is 5.69 Å². The number of hydrogen-bond acceptors (Lipinski definition) is 3. The summed E-state index contributed by atoms with van der Waals surface area (Å²) in [5, 5.41) is 3.18. The lowest BCUT2D eigenvalue weighted by Gasteiger charge is -2.19. The van der Waals surface area contributed by atoms with E-state index in [1.54, 1.807) is 6.20 Å². The third-order valence-electron chi connectivity index (χ3n) is 2.64. The van der Waals surface area contributed by atoms with Gasteiger partial charge in [-0.15, -0.1) is 0 Å². The van der Waals surface area contributed by atoms with E-state index in [2.05, 4.69) is 21.9 Å². The van der Waals surface area contributed by atoms with Crippen LogP contribution in [-0.4, -0.2) is 10.8 Å². The Hall–Kier alpha value is -2.42. The predicted octanol–water partition coefficient (Wildman–Crippen LogP) is 2.73. The van der Waals surface area contributed by atoms with Gasteiger partial charge in [-0.25, -0.2) is 4.99 Å². The van der Waals surface area contributed by atoms with Crippen LogP contribution in [0, 0.1) is 0 Å². The van der Waals surface area contributed by atoms with Gasteiger partial charge in [-0.2, -0.15) is 0 Å². The van der Waals surface area contributed by atoms with Crippen LogP contribution in [-0.2, 0) is 0 Å². The van der Waals surface area contributed by atoms with Gasteiger partial charge in [-0.1, -0.05) is 30.8 Å². The van der Waals surface area contributed by atoms with Crippen molar-refractivity contribution in [1.82, 2.24) is 10.3 Å². The van der Waals surface area contributed by atoms with E-state index in [9.17, 15) is 0 Å². The van der Waals surface area contributed by atoms with Gasteiger partial charge >= 0.3 is 0 Å². The summed E-state index contributed by atoms with van der Waals surface area (Å²) in [4.78, 5) is 8.82. The van der Waals surface area contributed by atoms with Gasteiger partial charge in [0.1, 0.15) is 5.69 Å². The average Bonchev–Trinajstić information content (AvgIpc) is 2.40. The molecule has 3 rings (SSSR count). The zero-order chi connectivity index (χ0) is 11.7. The summed E-state index contributed by atoms with van der Waals surface area (Å²) in [6.45, 7) is 4.01. The molecule has 3 heteroatoms. The van der Waals surface area contributed by atoms with Gasteiger partial charge in [-0.05, 0) is 18.2 Å². The molecule has 82 valence electrons. The van der Waals surface area contributed by atoms with Gasteiger partial charge < -0.3 is 5.32 Å². The normalized spacial score (nSPS) is 13.6. The molecule has 0 fully saturated rings. The topological polar surface area (TPSA) is 37.3 Å². The summed E-state index contributed by atoms with van der Waals surface area (Å²) >= 11 is 0. The monoisotopic (exact) mass is 221 g/mol. The first kappa shape index (κ1) is 9.78. The smallest absolute Gasteiger partial charge is 0.157 e. The number of nitrogens with one attached hydrogen (secondary N) is 1. The van der Waals surface area contributed by atoms with Gasteiger partial charge in [0, 0.05) is 17.5 Å². The van der Waals surface area contributed by atoms with Crippen LogP contribution in [0.15, 0.2) is 60.2 Å². The maximum absolute atomic E-state index is 4.55. The third kappa shape index (κ3) is 1.72. The molecular formula is C14H11N3. The molecule has 0 saturated carbocycles. The highest BCUT2D eigenvalue weighted by molar-refractivity contribution is 6.06. The van der Waals surface area contributed by atoms with Crippen molar-refractivity contribution in [3.05, 3.63) is 66.5 Å². The van der Waals surface area contributed by atoms with Gasteiger partial charge in [0.25, 0.3) is 0 Å². The molecule has 0 atom stereocenters. The Bertz CT molecular complexity index is 600. The zero-order valence-corrected chi connectivity index (χ0v) is 9.22. The highest BCUT2D eigenvalue weighted by atomic mass is 15.1. The number of benzene rings is 1. The van der Waals surface area contributed by atoms with Crippen LogP contribution in [0.25, 0.3) is 5.70 Å². The van der Waals surface area contributed by atoms with E-state index in [0.29, 0.717) is 0 Å². The molecule has 0 saturated heterocycles. The second kappa shape index (κ2) is 3.87. The Morgan fingerprint density at radius 2 is 1.82 bits per heavy atom. The Balaban J connectivity index is 2.11. The number of para-hydroxylation sites is 1. The first-order valence-corrected chi connectivity index (χ1v) is 5.40. The first-order chi connectivity index (χ1) is 8.34. The summed E-state index contributed by atoms with van der Waals surface area (Å²) in [5.74, 6) is 0.745. The van der Waals surface area contributed by atoms with Crippen LogP contribution in [0.1, 0.15) is 11.3 Å². The van der Waals surface area contributed by atoms with E-state index in [1.807, 2.05) is 42.5 Å². The summed E-state index contributed by atoms with van der Waals surface area (Å²) < 4.78 is 0. The van der Waals surface area contributed by atoms with E-state index in [-0.39, 0.29) is 0 Å². The van der Waals surface area contributed by atoms with Crippen LogP contribution in [0.5, 0.6) is 0 Å². The lowest BCUT2D eigenvalue weighted by atomic mass is 10.1. The number of rotatable bonds is 1. The standard InChI is InChI=1S/C14H11N3/c1-10-11-6-2-3-7-12(11)17-14(16-10)13-8-4-5-9-15-13/h2-9H,1H2,(H,16,17). The van der Waals surface area contributed by atoms with Crippen LogP contribution in [0.2, 0.25) is 0 Å². The number of aliphatic imine (C=N–C) groups is 1. The molecule has 17 heavy (non-hydrogen) atoms. The minimum Gasteiger partial charge on any atom is -0.338 e. The molecule has 0 bridgehead atoms. The quantitative estimate of drug-likeness (QED) is 0.804. The molecule has 0 radical (unpaired) electrons. The van der Waals surface area contributed by atoms with Gasteiger partial charge in [-0.3, -0.25) is 4.98 Å². The fourth-order valence-corrected chi connectivity index (χ4v) is 1.81. The second-order valence-corrected chi connectivity index (χ2v) is 3.80. The van der Waals surface area contributed by atoms with Crippen molar-refractivity contribution in [2.75, 3.05) is 0 Å². The first-order valence-electron chi connectivity index (χ1n) is 5.40. The number of pyridine rings is 1. The van der Waals surface area contributed by atoms with Crippen molar-refractivity contribution in [3.63, 3.8) is 0 Å². The fraction of sp³-hybridized carbons (Fsp3) is 0. The van der Waals surface area contributed by atoms with Crippen LogP contribution in [0.4, 0.5) is 5.69 Å². The Kier molecular flexibility index (Phi) is 2.22. The maximum Gasteiger partial charge on any atom is 0.157 e. The molecule has 0 aliphatic carbocycles. The molecule has 2 aromatic rings. The molecule has 1 aliphatic rings. The second-order valence-electron chi connectivity index (χ2n) is 3.80. The molecule has 3 nitrogen and oxygen atoms in total. The van der Waals surface area contributed by atoms with E-state index in [0.717, 1.165) is 28.5 Å². The number of nitrogens with zero attached hydrogens (tertiary/aromatic N) is 2. The maximum atomic E-state index is 4.55. The Morgan fingerprint density at radius 1 is 1.00 bits per heavy atom. The number of amidine groups is 1. The van der Waals surface area contributed by atoms with Crippen LogP contribution in [0.3, 0.4) is 0 Å². The number of fused-ring (bicyclic) bond motifs is 1. The van der Waals surface area contributed by atoms with Crippen molar-refractivity contribution in [2.24, 2.45) is 4.99 Å². The van der Waals surface area contributed by atoms with Crippen molar-refractivity contribution >= 4 is 17.2 Å². The van der Waals surface area contributed by atoms with E-state index in [1.165, 1.54) is 0 Å². The fourth-order valence-electron chi connectivity index (χ4n) is 1.81. The molecule has 1 N–H and O–H groups in total. The highest BCUT2D eigenvalue weighted by Crippen LogP contribution is 2.27. The predicted molar refractivity (Wildman–Crippen MR) is 69.0 cm³/mol. The van der Waals surface area contributed by atoms with E-state index >= 15 is 0 Å². The average molecular weight is 221 g/mol. The summed E-state index contributed by atoms with van der Waals surface area (Å²) in [7, 11) is 0. The van der Waals surface area contributed by atoms with Crippen molar-refractivity contribution in [3.8, 4) is 0 Å². The lowest BCUT2D eigenvalue weighted by molar-refractivity contribution is 1.17. The molecule has 1 aliphatic heterocycles. The molecule has 1 aromatic heterocycles. The highest BCUT2D eigenvalue weighted by Gasteiger charge is 2.15. The summed E-state index contributed by atoms with van der Waals surface area (Å²) in [6, 6.07) is 13.7. The lowest BCUT2D eigenvalue weighted by Crippen LogP contribution is -2.26. The molecular weight excluding hydrogens is 210 g/mol. The van der Waals surface area contributed by atoms with Crippen molar-refractivity contribution in [2.45, 2.75) is 0 Å². The third-order valence-corrected chi connectivity index (χ3v) is 2.64. The zero-order valence-electron chi connectivity index (χ0n) is 9.22. The molecule has 0 unspecified atom stereocenters. The number of hydrogen-bond donors (Lipinski definition) is 1. The SMILES string of the molecule is C=C1NC(c2ccccn2)=Nc2ccccc21. The van der Waals surface area contributed by atoms with Crippen LogP contribution >= 0.6 is 0 Å². The summed E-state index contributed by atoms with van der Waals surface area (Å²) in [6.07, 6.45) is 1.75. The van der Waals surface area contributed by atoms with Crippen LogP contribution < -0.4 is 5.32 Å². The molecule has 2 heterocycles. The molecule has 0 spiro atoms. The molecule has 1 aromatic carbocycles. The molecule has 0 amide bonds. The minimum atomic E-state index is 0.745. The van der Waals surface area contributed by atoms with E-state index in [4.69, 9.17) is 0 Å². The largest absolute Gasteiger partial charge is 0.338 e. The number of aromatic nitrogens is 1. The Labute approximate surface area is 99.6 Å². The van der Waals surface area contributed by atoms with Crippen molar-refractivity contribution < 1.29 is 0 Å². The Morgan fingerprint density at radius 3 is 2.65 bits per heavy atom. The summed E-state index contributed by atoms with van der Waals surface area (Å²) in [5.41, 5.74) is 3.64. The van der Waals surface area contributed by atoms with Crippen molar-refractivity contribution in [1.29, 1.82) is 0 Å². The van der Waals surface area contributed by atoms with Gasteiger partial charge in [0.15, 0.2) is 5.84 Å².